The minimum absolute atomic E-state index is 0.202. The topological polar surface area (TPSA) is 41.5 Å². The van der Waals surface area contributed by atoms with E-state index in [0.717, 1.165) is 11.1 Å². The van der Waals surface area contributed by atoms with Gasteiger partial charge >= 0.3 is 7.94 Å². The second-order valence-electron chi connectivity index (χ2n) is 4.81. The molecule has 0 unspecified atom stereocenters. The molecule has 0 aromatic heterocycles. The highest BCUT2D eigenvalue weighted by Gasteiger charge is 2.41. The van der Waals surface area contributed by atoms with Gasteiger partial charge in [-0.05, 0) is 26.0 Å². The molecule has 3 nitrogen and oxygen atoms in total. The number of rotatable bonds is 1. The van der Waals surface area contributed by atoms with Crippen LogP contribution in [-0.2, 0) is 0 Å². The van der Waals surface area contributed by atoms with Gasteiger partial charge in [0.15, 0.2) is 11.5 Å². The van der Waals surface area contributed by atoms with Crippen LogP contribution in [0.1, 0.15) is 13.8 Å². The van der Waals surface area contributed by atoms with E-state index in [-0.39, 0.29) is 5.66 Å². The van der Waals surface area contributed by atoms with Gasteiger partial charge in [0.25, 0.3) is 0 Å². The van der Waals surface area contributed by atoms with Gasteiger partial charge in [-0.25, -0.2) is 0 Å². The van der Waals surface area contributed by atoms with Gasteiger partial charge in [-0.15, -0.1) is 0 Å². The van der Waals surface area contributed by atoms with E-state index in [1.54, 1.807) is 0 Å². The number of fused-ring (bicyclic) bond motifs is 3. The first-order chi connectivity index (χ1) is 9.10. The minimum Gasteiger partial charge on any atom is -0.616 e. The lowest BCUT2D eigenvalue weighted by Gasteiger charge is -2.29. The molecule has 0 amide bonds. The smallest absolute Gasteiger partial charge is 0.334 e. The third-order valence-electron chi connectivity index (χ3n) is 3.15. The molecule has 0 bridgehead atoms. The molecule has 1 aliphatic rings. The van der Waals surface area contributed by atoms with Crippen molar-refractivity contribution in [2.24, 2.45) is 0 Å². The van der Waals surface area contributed by atoms with E-state index in [1.165, 1.54) is 0 Å². The Balaban J connectivity index is 2.24. The molecule has 2 aromatic carbocycles. The molecular weight excluding hydrogens is 259 g/mol. The fraction of sp³-hybridized carbons (Fsp3) is 0.200. The van der Waals surface area contributed by atoms with Crippen molar-refractivity contribution in [3.8, 4) is 22.6 Å². The third-order valence-corrected chi connectivity index (χ3v) is 5.32. The van der Waals surface area contributed by atoms with E-state index in [0.29, 0.717) is 11.5 Å². The SMILES string of the molecule is CC(C)[P+]1([O-])Oc2ccccc2-c2ccccc2O1. The summed E-state index contributed by atoms with van der Waals surface area (Å²) in [6, 6.07) is 15.2. The van der Waals surface area contributed by atoms with Gasteiger partial charge in [0, 0.05) is 11.1 Å². The van der Waals surface area contributed by atoms with E-state index < -0.39 is 7.94 Å². The first-order valence-electron chi connectivity index (χ1n) is 6.27. The summed E-state index contributed by atoms with van der Waals surface area (Å²) in [6.07, 6.45) is 0. The maximum atomic E-state index is 12.8. The van der Waals surface area contributed by atoms with Crippen molar-refractivity contribution in [1.29, 1.82) is 0 Å². The molecule has 98 valence electrons. The van der Waals surface area contributed by atoms with Gasteiger partial charge in [0.2, 0.25) is 0 Å². The standard InChI is InChI=1S/C15H15O3P/c1-11(2)19(16)17-14-9-5-3-7-12(14)13-8-4-6-10-15(13)18-19/h3-11H,1-2H3. The van der Waals surface area contributed by atoms with E-state index in [9.17, 15) is 4.89 Å². The van der Waals surface area contributed by atoms with Crippen LogP contribution in [0.25, 0.3) is 11.1 Å². The second-order valence-corrected chi connectivity index (χ2v) is 7.29. The largest absolute Gasteiger partial charge is 0.616 e. The molecule has 4 heteroatoms. The maximum absolute atomic E-state index is 12.8. The molecule has 0 N–H and O–H groups in total. The average Bonchev–Trinajstić information content (AvgIpc) is 2.53. The van der Waals surface area contributed by atoms with E-state index >= 15 is 0 Å². The van der Waals surface area contributed by atoms with E-state index in [4.69, 9.17) is 9.05 Å². The van der Waals surface area contributed by atoms with Gasteiger partial charge in [0.05, 0.1) is 0 Å². The van der Waals surface area contributed by atoms with E-state index in [2.05, 4.69) is 0 Å². The summed E-state index contributed by atoms with van der Waals surface area (Å²) in [5.41, 5.74) is 1.62. The summed E-state index contributed by atoms with van der Waals surface area (Å²) < 4.78 is 11.4. The van der Waals surface area contributed by atoms with Crippen LogP contribution in [0, 0.1) is 0 Å². The minimum atomic E-state index is -3.19. The molecule has 1 heterocycles. The predicted octanol–water partition coefficient (Wildman–Crippen LogP) is 3.66. The summed E-state index contributed by atoms with van der Waals surface area (Å²) in [7, 11) is -3.19. The highest BCUT2D eigenvalue weighted by Crippen LogP contribution is 2.61. The lowest BCUT2D eigenvalue weighted by Crippen LogP contribution is -2.27. The monoisotopic (exact) mass is 274 g/mol. The Morgan fingerprint density at radius 2 is 1.26 bits per heavy atom. The summed E-state index contributed by atoms with van der Waals surface area (Å²) in [4.78, 5) is 12.8. The quantitative estimate of drug-likeness (QED) is 0.745. The molecule has 0 spiro atoms. The summed E-state index contributed by atoms with van der Waals surface area (Å²) in [6.45, 7) is 3.69. The number of para-hydroxylation sites is 2. The predicted molar refractivity (Wildman–Crippen MR) is 75.2 cm³/mol. The summed E-state index contributed by atoms with van der Waals surface area (Å²) >= 11 is 0. The molecule has 1 aliphatic heterocycles. The van der Waals surface area contributed by atoms with Crippen LogP contribution in [-0.4, -0.2) is 5.66 Å². The van der Waals surface area contributed by atoms with Crippen LogP contribution in [0.15, 0.2) is 48.5 Å². The van der Waals surface area contributed by atoms with Crippen LogP contribution < -0.4 is 13.9 Å². The van der Waals surface area contributed by atoms with Gasteiger partial charge in [-0.1, -0.05) is 36.4 Å². The first-order valence-corrected chi connectivity index (χ1v) is 7.89. The molecule has 0 aliphatic carbocycles. The zero-order valence-electron chi connectivity index (χ0n) is 10.9. The van der Waals surface area contributed by atoms with Crippen molar-refractivity contribution in [2.45, 2.75) is 19.5 Å². The zero-order valence-corrected chi connectivity index (χ0v) is 11.8. The maximum Gasteiger partial charge on any atom is 0.334 e. The molecule has 0 radical (unpaired) electrons. The van der Waals surface area contributed by atoms with Crippen LogP contribution in [0.5, 0.6) is 11.5 Å². The third kappa shape index (κ3) is 2.09. The fourth-order valence-corrected chi connectivity index (χ4v) is 3.37. The average molecular weight is 274 g/mol. The van der Waals surface area contributed by atoms with Crippen molar-refractivity contribution in [1.82, 2.24) is 0 Å². The van der Waals surface area contributed by atoms with Crippen molar-refractivity contribution < 1.29 is 13.9 Å². The van der Waals surface area contributed by atoms with E-state index in [1.807, 2.05) is 62.4 Å². The Bertz CT molecular complexity index is 562. The number of hydrogen-bond donors (Lipinski definition) is 0. The van der Waals surface area contributed by atoms with Crippen LogP contribution in [0.4, 0.5) is 0 Å². The molecule has 19 heavy (non-hydrogen) atoms. The first kappa shape index (κ1) is 12.5. The van der Waals surface area contributed by atoms with Crippen molar-refractivity contribution in [3.05, 3.63) is 48.5 Å². The van der Waals surface area contributed by atoms with Crippen molar-refractivity contribution >= 4 is 7.94 Å². The number of hydrogen-bond acceptors (Lipinski definition) is 3. The molecular formula is C15H15O3P. The highest BCUT2D eigenvalue weighted by molar-refractivity contribution is 7.60. The van der Waals surface area contributed by atoms with Crippen LogP contribution >= 0.6 is 7.94 Å². The Labute approximate surface area is 113 Å². The summed E-state index contributed by atoms with van der Waals surface area (Å²) in [5, 5.41) is 0. The van der Waals surface area contributed by atoms with Gasteiger partial charge in [-0.2, -0.15) is 0 Å². The Morgan fingerprint density at radius 1 is 0.842 bits per heavy atom. The second kappa shape index (κ2) is 4.52. The lowest BCUT2D eigenvalue weighted by atomic mass is 10.0. The van der Waals surface area contributed by atoms with Gasteiger partial charge in [0.1, 0.15) is 5.66 Å². The molecule has 2 aromatic rings. The van der Waals surface area contributed by atoms with Gasteiger partial charge < -0.3 is 13.9 Å². The Hall–Kier alpha value is -1.57. The number of benzene rings is 2. The molecule has 3 rings (SSSR count). The Morgan fingerprint density at radius 3 is 1.68 bits per heavy atom. The lowest BCUT2D eigenvalue weighted by molar-refractivity contribution is -0.204. The zero-order chi connectivity index (χ0) is 13.5. The highest BCUT2D eigenvalue weighted by atomic mass is 31.2. The fourth-order valence-electron chi connectivity index (χ4n) is 2.04. The van der Waals surface area contributed by atoms with Crippen LogP contribution in [0.2, 0.25) is 0 Å². The van der Waals surface area contributed by atoms with Crippen molar-refractivity contribution in [2.75, 3.05) is 0 Å². The normalized spacial score (nSPS) is 15.8. The molecule has 0 atom stereocenters. The van der Waals surface area contributed by atoms with Crippen molar-refractivity contribution in [3.63, 3.8) is 0 Å². The summed E-state index contributed by atoms with van der Waals surface area (Å²) in [5.74, 6) is 1.23. The molecule has 0 fully saturated rings. The Kier molecular flexibility index (Phi) is 2.96. The molecule has 0 saturated heterocycles. The van der Waals surface area contributed by atoms with Gasteiger partial charge in [-0.3, -0.25) is 0 Å². The van der Waals surface area contributed by atoms with Crippen LogP contribution in [0.3, 0.4) is 0 Å². The molecule has 0 saturated carbocycles.